The fourth-order valence-corrected chi connectivity index (χ4v) is 0.741. The smallest absolute Gasteiger partial charge is 0.0430 e. The lowest BCUT2D eigenvalue weighted by atomic mass is 10.0. The van der Waals surface area contributed by atoms with Crippen LogP contribution in [-0.4, -0.2) is 12.7 Å². The number of hydrogen-bond donors (Lipinski definition) is 2. The summed E-state index contributed by atoms with van der Waals surface area (Å²) in [5, 5.41) is 3.17. The number of rotatable bonds is 4. The Morgan fingerprint density at radius 1 is 1.44 bits per heavy atom. The van der Waals surface area contributed by atoms with E-state index in [9.17, 15) is 0 Å². The lowest BCUT2D eigenvalue weighted by molar-refractivity contribution is 0.395. The maximum Gasteiger partial charge on any atom is 0.0430 e. The van der Waals surface area contributed by atoms with Crippen molar-refractivity contribution >= 4 is 0 Å². The summed E-state index contributed by atoms with van der Waals surface area (Å²) in [5.41, 5.74) is 5.31. The second kappa shape index (κ2) is 4.77. The highest BCUT2D eigenvalue weighted by molar-refractivity contribution is 4.64. The van der Waals surface area contributed by atoms with E-state index in [4.69, 9.17) is 5.73 Å². The van der Waals surface area contributed by atoms with Gasteiger partial charge in [-0.1, -0.05) is 20.3 Å². The van der Waals surface area contributed by atoms with Crippen LogP contribution >= 0.6 is 0 Å². The second-order valence-corrected chi connectivity index (χ2v) is 2.58. The highest BCUT2D eigenvalue weighted by Crippen LogP contribution is 2.05. The molecule has 0 amide bonds. The van der Waals surface area contributed by atoms with Gasteiger partial charge in [-0.2, -0.15) is 0 Å². The van der Waals surface area contributed by atoms with E-state index in [1.165, 1.54) is 6.42 Å². The molecule has 0 aromatic carbocycles. The molecule has 0 saturated heterocycles. The summed E-state index contributed by atoms with van der Waals surface area (Å²) in [6.45, 7) is 7.18. The zero-order valence-corrected chi connectivity index (χ0v) is 6.65. The van der Waals surface area contributed by atoms with Crippen molar-refractivity contribution in [2.24, 2.45) is 11.7 Å². The van der Waals surface area contributed by atoms with Crippen LogP contribution in [0.2, 0.25) is 0 Å². The Bertz CT molecular complexity index is 63.9. The fraction of sp³-hybridized carbons (Fsp3) is 1.00. The third-order valence-corrected chi connectivity index (χ3v) is 1.94. The first-order valence-electron chi connectivity index (χ1n) is 3.65. The maximum atomic E-state index is 5.31. The molecule has 56 valence electrons. The van der Waals surface area contributed by atoms with Gasteiger partial charge >= 0.3 is 0 Å². The molecule has 0 aromatic heterocycles. The Kier molecular flexibility index (Phi) is 4.72. The van der Waals surface area contributed by atoms with Gasteiger partial charge < -0.3 is 11.1 Å². The molecule has 0 saturated carbocycles. The molecule has 0 aliphatic heterocycles. The number of hydrogen-bond acceptors (Lipinski definition) is 2. The van der Waals surface area contributed by atoms with Gasteiger partial charge in [-0.15, -0.1) is 0 Å². The van der Waals surface area contributed by atoms with Crippen LogP contribution in [0.15, 0.2) is 0 Å². The van der Waals surface area contributed by atoms with Crippen LogP contribution in [0.5, 0.6) is 0 Å². The van der Waals surface area contributed by atoms with E-state index in [2.05, 4.69) is 26.1 Å². The molecule has 2 atom stereocenters. The molecule has 2 unspecified atom stereocenters. The molecule has 0 bridgehead atoms. The molecule has 3 N–H and O–H groups in total. The minimum Gasteiger partial charge on any atom is -0.318 e. The number of nitrogens with two attached hydrogens (primary N) is 1. The van der Waals surface area contributed by atoms with Gasteiger partial charge in [0.2, 0.25) is 0 Å². The van der Waals surface area contributed by atoms with Crippen LogP contribution in [0.1, 0.15) is 27.2 Å². The van der Waals surface area contributed by atoms with Gasteiger partial charge in [0.1, 0.15) is 0 Å². The molecule has 9 heavy (non-hydrogen) atoms. The SMILES string of the molecule is CCC(C)C(C)NCN. The molecule has 0 radical (unpaired) electrons. The van der Waals surface area contributed by atoms with Crippen LogP contribution in [0, 0.1) is 5.92 Å². The zero-order valence-electron chi connectivity index (χ0n) is 6.65. The van der Waals surface area contributed by atoms with Crippen LogP contribution in [0.25, 0.3) is 0 Å². The van der Waals surface area contributed by atoms with Gasteiger partial charge in [-0.05, 0) is 12.8 Å². The Hall–Kier alpha value is -0.0800. The summed E-state index contributed by atoms with van der Waals surface area (Å²) in [6.07, 6.45) is 1.22. The summed E-state index contributed by atoms with van der Waals surface area (Å²) in [6, 6.07) is 0.556. The molecule has 0 rings (SSSR count). The second-order valence-electron chi connectivity index (χ2n) is 2.58. The lowest BCUT2D eigenvalue weighted by Crippen LogP contribution is -2.35. The van der Waals surface area contributed by atoms with E-state index >= 15 is 0 Å². The highest BCUT2D eigenvalue weighted by atomic mass is 15.0. The normalized spacial score (nSPS) is 17.3. The maximum absolute atomic E-state index is 5.31. The zero-order chi connectivity index (χ0) is 7.28. The predicted octanol–water partition coefficient (Wildman–Crippen LogP) is 0.927. The molecule has 0 aromatic rings. The largest absolute Gasteiger partial charge is 0.318 e. The molecule has 2 heteroatoms. The van der Waals surface area contributed by atoms with Crippen LogP contribution in [0.3, 0.4) is 0 Å². The van der Waals surface area contributed by atoms with Crippen LogP contribution < -0.4 is 11.1 Å². The lowest BCUT2D eigenvalue weighted by Gasteiger charge is -2.18. The highest BCUT2D eigenvalue weighted by Gasteiger charge is 2.06. The van der Waals surface area contributed by atoms with Crippen molar-refractivity contribution in [1.29, 1.82) is 0 Å². The van der Waals surface area contributed by atoms with Gasteiger partial charge in [0, 0.05) is 12.7 Å². The summed E-state index contributed by atoms with van der Waals surface area (Å²) in [7, 11) is 0. The van der Waals surface area contributed by atoms with E-state index in [1.807, 2.05) is 0 Å². The standard InChI is InChI=1S/C7H18N2/c1-4-6(2)7(3)9-5-8/h6-7,9H,4-5,8H2,1-3H3. The van der Waals surface area contributed by atoms with Crippen molar-refractivity contribution in [3.8, 4) is 0 Å². The van der Waals surface area contributed by atoms with E-state index in [0.717, 1.165) is 5.92 Å². The first kappa shape index (κ1) is 8.92. The summed E-state index contributed by atoms with van der Waals surface area (Å²) >= 11 is 0. The first-order chi connectivity index (χ1) is 4.22. The average molecular weight is 130 g/mol. The van der Waals surface area contributed by atoms with Gasteiger partial charge in [0.15, 0.2) is 0 Å². The molecule has 0 spiro atoms. The molecule has 2 nitrogen and oxygen atoms in total. The van der Waals surface area contributed by atoms with Crippen LogP contribution in [-0.2, 0) is 0 Å². The summed E-state index contributed by atoms with van der Waals surface area (Å²) in [5.74, 6) is 0.730. The van der Waals surface area contributed by atoms with Gasteiger partial charge in [0.05, 0.1) is 0 Å². The van der Waals surface area contributed by atoms with E-state index in [-0.39, 0.29) is 0 Å². The topological polar surface area (TPSA) is 38.0 Å². The molecular formula is C7H18N2. The molecule has 0 heterocycles. The molecule has 0 aliphatic carbocycles. The van der Waals surface area contributed by atoms with E-state index in [1.54, 1.807) is 0 Å². The molecule has 0 fully saturated rings. The van der Waals surface area contributed by atoms with E-state index in [0.29, 0.717) is 12.7 Å². The van der Waals surface area contributed by atoms with Crippen molar-refractivity contribution in [3.05, 3.63) is 0 Å². The Morgan fingerprint density at radius 3 is 2.33 bits per heavy atom. The Morgan fingerprint density at radius 2 is 2.00 bits per heavy atom. The minimum atomic E-state index is 0.556. The van der Waals surface area contributed by atoms with Gasteiger partial charge in [-0.25, -0.2) is 0 Å². The van der Waals surface area contributed by atoms with Crippen molar-refractivity contribution in [1.82, 2.24) is 5.32 Å². The Balaban J connectivity index is 3.32. The first-order valence-corrected chi connectivity index (χ1v) is 3.65. The molecular weight excluding hydrogens is 112 g/mol. The van der Waals surface area contributed by atoms with Crippen molar-refractivity contribution in [2.45, 2.75) is 33.2 Å². The van der Waals surface area contributed by atoms with Crippen molar-refractivity contribution in [2.75, 3.05) is 6.67 Å². The van der Waals surface area contributed by atoms with Crippen molar-refractivity contribution < 1.29 is 0 Å². The summed E-state index contributed by atoms with van der Waals surface area (Å²) < 4.78 is 0. The monoisotopic (exact) mass is 130 g/mol. The Labute approximate surface area is 57.8 Å². The average Bonchev–Trinajstić information content (AvgIpc) is 1.87. The van der Waals surface area contributed by atoms with Crippen molar-refractivity contribution in [3.63, 3.8) is 0 Å². The molecule has 0 aliphatic rings. The number of nitrogens with one attached hydrogen (secondary N) is 1. The van der Waals surface area contributed by atoms with E-state index < -0.39 is 0 Å². The van der Waals surface area contributed by atoms with Crippen LogP contribution in [0.4, 0.5) is 0 Å². The quantitative estimate of drug-likeness (QED) is 0.555. The third-order valence-electron chi connectivity index (χ3n) is 1.94. The summed E-state index contributed by atoms with van der Waals surface area (Å²) in [4.78, 5) is 0. The minimum absolute atomic E-state index is 0.556. The predicted molar refractivity (Wildman–Crippen MR) is 41.1 cm³/mol. The van der Waals surface area contributed by atoms with Gasteiger partial charge in [0.25, 0.3) is 0 Å². The fourth-order valence-electron chi connectivity index (χ4n) is 0.741. The van der Waals surface area contributed by atoms with Gasteiger partial charge in [-0.3, -0.25) is 0 Å². The third kappa shape index (κ3) is 3.49.